The molecule has 0 unspecified atom stereocenters. The number of carbonyl (C=O) groups is 1. The minimum atomic E-state index is -1.55. The smallest absolute Gasteiger partial charge is 0.304 e. The minimum Gasteiger partial charge on any atom is -0.487 e. The Balaban J connectivity index is 0.000000369. The summed E-state index contributed by atoms with van der Waals surface area (Å²) in [6.07, 6.45) is -2.83. The van der Waals surface area contributed by atoms with E-state index >= 15 is 0 Å². The zero-order valence-electron chi connectivity index (χ0n) is 29.3. The second kappa shape index (κ2) is 17.8. The zero-order valence-corrected chi connectivity index (χ0v) is 29.3. The molecular formula is C36H50N6O8. The third-order valence-electron chi connectivity index (χ3n) is 9.17. The van der Waals surface area contributed by atoms with E-state index in [2.05, 4.69) is 57.6 Å². The maximum absolute atomic E-state index is 12.0. The number of fused-ring (bicyclic) bond motifs is 2. The van der Waals surface area contributed by atoms with Crippen LogP contribution in [0.4, 0.5) is 0 Å². The summed E-state index contributed by atoms with van der Waals surface area (Å²) in [6, 6.07) is 14.3. The molecule has 6 atom stereocenters. The SMILES string of the molecule is CC[C@@H]1CN(Cc2cc([C@@H](CC(=O)O)c3ccc4c(nnn4C)c3C)ccc2C)Cc2ncccc2O1.CNC[C@H](O)[C@@H](O)[C@H](O)[C@H](O)CO. The molecule has 0 amide bonds. The van der Waals surface area contributed by atoms with Gasteiger partial charge in [0, 0.05) is 45.3 Å². The van der Waals surface area contributed by atoms with Crippen molar-refractivity contribution in [1.29, 1.82) is 0 Å². The van der Waals surface area contributed by atoms with Gasteiger partial charge in [0.1, 0.15) is 35.7 Å². The van der Waals surface area contributed by atoms with Crippen LogP contribution in [0.2, 0.25) is 0 Å². The highest BCUT2D eigenvalue weighted by Crippen LogP contribution is 2.35. The fourth-order valence-corrected chi connectivity index (χ4v) is 6.18. The third kappa shape index (κ3) is 9.40. The molecule has 4 aromatic rings. The molecule has 3 heterocycles. The number of aliphatic hydroxyl groups is 5. The Morgan fingerprint density at radius 3 is 2.50 bits per heavy atom. The van der Waals surface area contributed by atoms with E-state index in [-0.39, 0.29) is 25.0 Å². The van der Waals surface area contributed by atoms with Crippen molar-refractivity contribution >= 4 is 17.0 Å². The number of carboxylic acid groups (broad SMARTS) is 1. The molecule has 7 N–H and O–H groups in total. The Kier molecular flexibility index (Phi) is 13.8. The molecule has 1 aliphatic rings. The summed E-state index contributed by atoms with van der Waals surface area (Å²) in [7, 11) is 3.44. The highest BCUT2D eigenvalue weighted by Gasteiger charge is 2.29. The predicted octanol–water partition coefficient (Wildman–Crippen LogP) is 1.40. The molecule has 272 valence electrons. The lowest BCUT2D eigenvalue weighted by atomic mass is 9.84. The van der Waals surface area contributed by atoms with E-state index in [1.807, 2.05) is 44.4 Å². The van der Waals surface area contributed by atoms with Gasteiger partial charge in [0.15, 0.2) is 0 Å². The summed E-state index contributed by atoms with van der Waals surface area (Å²) in [5.41, 5.74) is 7.98. The van der Waals surface area contributed by atoms with E-state index in [4.69, 9.17) is 25.2 Å². The molecule has 0 aliphatic carbocycles. The van der Waals surface area contributed by atoms with Crippen LogP contribution in [-0.4, -0.2) is 119 Å². The van der Waals surface area contributed by atoms with E-state index in [1.165, 1.54) is 11.1 Å². The molecule has 0 saturated carbocycles. The molecule has 0 saturated heterocycles. The van der Waals surface area contributed by atoms with Crippen LogP contribution in [0, 0.1) is 13.8 Å². The first-order valence-corrected chi connectivity index (χ1v) is 16.8. The van der Waals surface area contributed by atoms with Crippen molar-refractivity contribution in [2.45, 2.75) is 83.1 Å². The number of likely N-dealkylation sites (N-methyl/N-ethyl adjacent to an activating group) is 1. The van der Waals surface area contributed by atoms with Crippen LogP contribution in [0.3, 0.4) is 0 Å². The van der Waals surface area contributed by atoms with E-state index in [1.54, 1.807) is 11.7 Å². The monoisotopic (exact) mass is 694 g/mol. The number of carboxylic acids is 1. The molecule has 2 aromatic carbocycles. The van der Waals surface area contributed by atoms with Gasteiger partial charge in [0.05, 0.1) is 30.3 Å². The molecule has 0 spiro atoms. The number of hydrogen-bond donors (Lipinski definition) is 7. The largest absolute Gasteiger partial charge is 0.487 e. The van der Waals surface area contributed by atoms with E-state index in [0.717, 1.165) is 58.7 Å². The molecule has 2 aromatic heterocycles. The average Bonchev–Trinajstić information content (AvgIpc) is 3.38. The van der Waals surface area contributed by atoms with Gasteiger partial charge >= 0.3 is 5.97 Å². The Bertz CT molecular complexity index is 1720. The number of aromatic nitrogens is 4. The maximum atomic E-state index is 12.0. The van der Waals surface area contributed by atoms with E-state index < -0.39 is 37.0 Å². The summed E-state index contributed by atoms with van der Waals surface area (Å²) < 4.78 is 7.98. The van der Waals surface area contributed by atoms with Crippen molar-refractivity contribution in [2.75, 3.05) is 26.7 Å². The van der Waals surface area contributed by atoms with Crippen LogP contribution in [-0.2, 0) is 24.9 Å². The molecule has 0 radical (unpaired) electrons. The average molecular weight is 695 g/mol. The Labute approximate surface area is 292 Å². The van der Waals surface area contributed by atoms with Gasteiger partial charge in [0.25, 0.3) is 0 Å². The quantitative estimate of drug-likeness (QED) is 0.106. The molecule has 14 heteroatoms. The number of aryl methyl sites for hydroxylation is 3. The molecule has 14 nitrogen and oxygen atoms in total. The number of hydrogen-bond acceptors (Lipinski definition) is 12. The Morgan fingerprint density at radius 2 is 1.82 bits per heavy atom. The van der Waals surface area contributed by atoms with Gasteiger partial charge in [-0.25, -0.2) is 4.68 Å². The number of aliphatic hydroxyl groups excluding tert-OH is 5. The van der Waals surface area contributed by atoms with Gasteiger partial charge in [-0.05, 0) is 73.3 Å². The first-order valence-electron chi connectivity index (χ1n) is 16.8. The normalized spacial score (nSPS) is 17.8. The molecule has 0 bridgehead atoms. The van der Waals surface area contributed by atoms with Crippen LogP contribution in [0.1, 0.15) is 59.2 Å². The van der Waals surface area contributed by atoms with E-state index in [9.17, 15) is 15.0 Å². The molecule has 5 rings (SSSR count). The number of nitrogens with one attached hydrogen (secondary N) is 1. The van der Waals surface area contributed by atoms with Crippen LogP contribution >= 0.6 is 0 Å². The van der Waals surface area contributed by atoms with Crippen molar-refractivity contribution in [3.63, 3.8) is 0 Å². The fraction of sp³-hybridized carbons (Fsp3) is 0.500. The number of nitrogens with zero attached hydrogens (tertiary/aromatic N) is 5. The van der Waals surface area contributed by atoms with Gasteiger partial charge in [-0.2, -0.15) is 0 Å². The van der Waals surface area contributed by atoms with Crippen LogP contribution < -0.4 is 10.1 Å². The number of aliphatic carboxylic acids is 1. The zero-order chi connectivity index (χ0) is 36.5. The second-order valence-electron chi connectivity index (χ2n) is 12.8. The summed E-state index contributed by atoms with van der Waals surface area (Å²) in [5, 5.41) is 65.8. The highest BCUT2D eigenvalue weighted by molar-refractivity contribution is 5.80. The lowest BCUT2D eigenvalue weighted by molar-refractivity contribution is -0.137. The fourth-order valence-electron chi connectivity index (χ4n) is 6.18. The number of benzene rings is 2. The first kappa shape index (κ1) is 38.8. The maximum Gasteiger partial charge on any atom is 0.304 e. The number of rotatable bonds is 13. The second-order valence-corrected chi connectivity index (χ2v) is 12.8. The van der Waals surface area contributed by atoms with Gasteiger partial charge in [-0.15, -0.1) is 5.10 Å². The lowest BCUT2D eigenvalue weighted by Gasteiger charge is -2.25. The van der Waals surface area contributed by atoms with Crippen LogP contribution in [0.5, 0.6) is 5.75 Å². The van der Waals surface area contributed by atoms with Crippen molar-refractivity contribution in [3.05, 3.63) is 82.2 Å². The highest BCUT2D eigenvalue weighted by atomic mass is 16.5. The lowest BCUT2D eigenvalue weighted by Crippen LogP contribution is -2.48. The molecule has 1 aliphatic heterocycles. The van der Waals surface area contributed by atoms with Crippen molar-refractivity contribution < 1.29 is 40.2 Å². The van der Waals surface area contributed by atoms with Gasteiger partial charge in [-0.1, -0.05) is 36.4 Å². The predicted molar refractivity (Wildman–Crippen MR) is 187 cm³/mol. The number of ether oxygens (including phenoxy) is 1. The van der Waals surface area contributed by atoms with Crippen LogP contribution in [0.25, 0.3) is 11.0 Å². The standard InChI is InChI=1S/C29H33N5O3.C7H17NO5/c1-5-22-16-34(17-25-27(37-22)7-6-12-30-25)15-21-13-20(9-8-18(21)2)24(14-28(35)36)23-10-11-26-29(19(23)3)31-32-33(26)4;1-8-2-4(10)6(12)7(13)5(11)3-9/h6-13,22,24H,5,14-17H2,1-4H3,(H,35,36);4-13H,2-3H2,1H3/t22-,24-;4-,5+,6+,7+/m10/s1. The van der Waals surface area contributed by atoms with Crippen molar-refractivity contribution in [3.8, 4) is 5.75 Å². The molecule has 0 fully saturated rings. The van der Waals surface area contributed by atoms with Crippen molar-refractivity contribution in [1.82, 2.24) is 30.2 Å². The third-order valence-corrected chi connectivity index (χ3v) is 9.17. The first-order chi connectivity index (χ1) is 23.9. The summed E-state index contributed by atoms with van der Waals surface area (Å²) in [4.78, 5) is 18.9. The molecule has 50 heavy (non-hydrogen) atoms. The van der Waals surface area contributed by atoms with E-state index in [0.29, 0.717) is 6.54 Å². The van der Waals surface area contributed by atoms with Gasteiger partial charge in [0.2, 0.25) is 0 Å². The number of pyridine rings is 1. The topological polar surface area (TPSA) is 207 Å². The van der Waals surface area contributed by atoms with Gasteiger partial charge in [-0.3, -0.25) is 14.7 Å². The Hall–Kier alpha value is -4.02. The summed E-state index contributed by atoms with van der Waals surface area (Å²) in [5.74, 6) is -0.260. The van der Waals surface area contributed by atoms with Gasteiger partial charge < -0.3 is 40.7 Å². The van der Waals surface area contributed by atoms with Crippen LogP contribution in [0.15, 0.2) is 48.7 Å². The minimum absolute atomic E-state index is 0.00185. The molecular weight excluding hydrogens is 644 g/mol. The van der Waals surface area contributed by atoms with Crippen molar-refractivity contribution in [2.24, 2.45) is 7.05 Å². The Morgan fingerprint density at radius 1 is 1.08 bits per heavy atom. The summed E-state index contributed by atoms with van der Waals surface area (Å²) >= 11 is 0. The summed E-state index contributed by atoms with van der Waals surface area (Å²) in [6.45, 7) is 7.93.